The molecule has 0 bridgehead atoms. The largest absolute Gasteiger partial charge is 0.349 e. The van der Waals surface area contributed by atoms with E-state index in [0.29, 0.717) is 6.04 Å². The maximum absolute atomic E-state index is 12.1. The summed E-state index contributed by atoms with van der Waals surface area (Å²) in [5.41, 5.74) is 3.06. The Balaban J connectivity index is 2.03. The van der Waals surface area contributed by atoms with E-state index in [0.717, 1.165) is 42.6 Å². The highest BCUT2D eigenvalue weighted by Crippen LogP contribution is 2.10. The van der Waals surface area contributed by atoms with Crippen molar-refractivity contribution in [1.29, 1.82) is 0 Å². The molecule has 1 aliphatic rings. The van der Waals surface area contributed by atoms with Crippen LogP contribution in [0.15, 0.2) is 18.2 Å². The molecule has 2 N–H and O–H groups in total. The SMILES string of the molecule is Cc1cc(C)cc(C(=O)NC2CCNCC2)c1. The van der Waals surface area contributed by atoms with Crippen molar-refractivity contribution in [3.63, 3.8) is 0 Å². The number of hydrogen-bond donors (Lipinski definition) is 2. The van der Waals surface area contributed by atoms with Gasteiger partial charge >= 0.3 is 0 Å². The third-order valence-corrected chi connectivity index (χ3v) is 3.16. The average Bonchev–Trinajstić information content (AvgIpc) is 2.29. The summed E-state index contributed by atoms with van der Waals surface area (Å²) in [7, 11) is 0. The van der Waals surface area contributed by atoms with Gasteiger partial charge in [-0.15, -0.1) is 0 Å². The van der Waals surface area contributed by atoms with Gasteiger partial charge in [0.1, 0.15) is 0 Å². The second-order valence-corrected chi connectivity index (χ2v) is 4.87. The van der Waals surface area contributed by atoms with Crippen LogP contribution in [0.1, 0.15) is 34.3 Å². The zero-order chi connectivity index (χ0) is 12.3. The van der Waals surface area contributed by atoms with Crippen LogP contribution in [-0.4, -0.2) is 25.0 Å². The molecule has 1 aliphatic heterocycles. The molecule has 2 rings (SSSR count). The number of benzene rings is 1. The number of nitrogens with one attached hydrogen (secondary N) is 2. The lowest BCUT2D eigenvalue weighted by molar-refractivity contribution is 0.0929. The maximum atomic E-state index is 12.1. The number of aryl methyl sites for hydroxylation is 2. The molecule has 0 spiro atoms. The predicted molar refractivity (Wildman–Crippen MR) is 69.3 cm³/mol. The molecule has 1 amide bonds. The number of amides is 1. The van der Waals surface area contributed by atoms with Gasteiger partial charge < -0.3 is 10.6 Å². The van der Waals surface area contributed by atoms with Crippen LogP contribution >= 0.6 is 0 Å². The molecule has 0 unspecified atom stereocenters. The van der Waals surface area contributed by atoms with Crippen LogP contribution in [0.3, 0.4) is 0 Å². The van der Waals surface area contributed by atoms with Gasteiger partial charge in [0.15, 0.2) is 0 Å². The van der Waals surface area contributed by atoms with Crippen LogP contribution in [0.2, 0.25) is 0 Å². The first kappa shape index (κ1) is 12.1. The molecule has 0 atom stereocenters. The van der Waals surface area contributed by atoms with Crippen molar-refractivity contribution in [2.45, 2.75) is 32.7 Å². The van der Waals surface area contributed by atoms with Gasteiger partial charge in [-0.2, -0.15) is 0 Å². The van der Waals surface area contributed by atoms with Gasteiger partial charge in [-0.3, -0.25) is 4.79 Å². The summed E-state index contributed by atoms with van der Waals surface area (Å²) >= 11 is 0. The Morgan fingerprint density at radius 3 is 2.35 bits per heavy atom. The average molecular weight is 232 g/mol. The summed E-state index contributed by atoms with van der Waals surface area (Å²) in [6.07, 6.45) is 2.05. The second kappa shape index (κ2) is 5.32. The lowest BCUT2D eigenvalue weighted by Gasteiger charge is -2.23. The van der Waals surface area contributed by atoms with Crippen LogP contribution < -0.4 is 10.6 Å². The van der Waals surface area contributed by atoms with E-state index in [1.165, 1.54) is 0 Å². The smallest absolute Gasteiger partial charge is 0.251 e. The van der Waals surface area contributed by atoms with Crippen LogP contribution in [0.5, 0.6) is 0 Å². The van der Waals surface area contributed by atoms with Crippen molar-refractivity contribution in [2.75, 3.05) is 13.1 Å². The van der Waals surface area contributed by atoms with E-state index in [1.807, 2.05) is 26.0 Å². The van der Waals surface area contributed by atoms with Gasteiger partial charge in [-0.1, -0.05) is 17.2 Å². The fraction of sp³-hybridized carbons (Fsp3) is 0.500. The Hall–Kier alpha value is -1.35. The number of carbonyl (C=O) groups is 1. The molecule has 92 valence electrons. The summed E-state index contributed by atoms with van der Waals surface area (Å²) in [5, 5.41) is 6.41. The molecule has 0 saturated carbocycles. The van der Waals surface area contributed by atoms with Gasteiger partial charge in [0.2, 0.25) is 0 Å². The van der Waals surface area contributed by atoms with Crippen molar-refractivity contribution in [2.24, 2.45) is 0 Å². The van der Waals surface area contributed by atoms with E-state index in [1.54, 1.807) is 0 Å². The van der Waals surface area contributed by atoms with Crippen LogP contribution in [0.4, 0.5) is 0 Å². The van der Waals surface area contributed by atoms with Crippen molar-refractivity contribution >= 4 is 5.91 Å². The molecule has 1 fully saturated rings. The van der Waals surface area contributed by atoms with E-state index in [9.17, 15) is 4.79 Å². The number of rotatable bonds is 2. The number of hydrogen-bond acceptors (Lipinski definition) is 2. The number of carbonyl (C=O) groups excluding carboxylic acids is 1. The zero-order valence-electron chi connectivity index (χ0n) is 10.5. The third-order valence-electron chi connectivity index (χ3n) is 3.16. The molecule has 1 heterocycles. The minimum atomic E-state index is 0.0590. The topological polar surface area (TPSA) is 41.1 Å². The Bertz CT molecular complexity index is 388. The van der Waals surface area contributed by atoms with E-state index >= 15 is 0 Å². The summed E-state index contributed by atoms with van der Waals surface area (Å²) in [4.78, 5) is 12.1. The third kappa shape index (κ3) is 3.30. The first-order valence-corrected chi connectivity index (χ1v) is 6.25. The summed E-state index contributed by atoms with van der Waals surface area (Å²) in [6.45, 7) is 6.04. The van der Waals surface area contributed by atoms with Crippen molar-refractivity contribution in [3.8, 4) is 0 Å². The van der Waals surface area contributed by atoms with E-state index in [-0.39, 0.29) is 5.91 Å². The van der Waals surface area contributed by atoms with Gasteiger partial charge in [0.25, 0.3) is 5.91 Å². The molecule has 3 heteroatoms. The Morgan fingerprint density at radius 2 is 1.76 bits per heavy atom. The van der Waals surface area contributed by atoms with Crippen LogP contribution in [-0.2, 0) is 0 Å². The molecule has 3 nitrogen and oxygen atoms in total. The van der Waals surface area contributed by atoms with Crippen LogP contribution in [0, 0.1) is 13.8 Å². The molecule has 0 aliphatic carbocycles. The van der Waals surface area contributed by atoms with E-state index in [2.05, 4.69) is 16.7 Å². The minimum absolute atomic E-state index is 0.0590. The molecular weight excluding hydrogens is 212 g/mol. The molecular formula is C14H20N2O. The second-order valence-electron chi connectivity index (χ2n) is 4.87. The lowest BCUT2D eigenvalue weighted by Crippen LogP contribution is -2.42. The highest BCUT2D eigenvalue weighted by atomic mass is 16.1. The van der Waals surface area contributed by atoms with Gasteiger partial charge in [-0.05, 0) is 51.9 Å². The standard InChI is InChI=1S/C14H20N2O/c1-10-7-11(2)9-12(8-10)14(17)16-13-3-5-15-6-4-13/h7-9,13,15H,3-6H2,1-2H3,(H,16,17). The number of piperidine rings is 1. The first-order chi connectivity index (χ1) is 8.15. The Morgan fingerprint density at radius 1 is 1.18 bits per heavy atom. The minimum Gasteiger partial charge on any atom is -0.349 e. The quantitative estimate of drug-likeness (QED) is 0.816. The van der Waals surface area contributed by atoms with Crippen LogP contribution in [0.25, 0.3) is 0 Å². The zero-order valence-corrected chi connectivity index (χ0v) is 10.5. The van der Waals surface area contributed by atoms with E-state index < -0.39 is 0 Å². The van der Waals surface area contributed by atoms with Crippen molar-refractivity contribution in [3.05, 3.63) is 34.9 Å². The normalized spacial score (nSPS) is 16.8. The van der Waals surface area contributed by atoms with Gasteiger partial charge in [0.05, 0.1) is 0 Å². The fourth-order valence-corrected chi connectivity index (χ4v) is 2.34. The highest BCUT2D eigenvalue weighted by molar-refractivity contribution is 5.94. The molecule has 1 saturated heterocycles. The summed E-state index contributed by atoms with van der Waals surface area (Å²) in [5.74, 6) is 0.0590. The fourth-order valence-electron chi connectivity index (χ4n) is 2.34. The molecule has 1 aromatic carbocycles. The highest BCUT2D eigenvalue weighted by Gasteiger charge is 2.16. The van der Waals surface area contributed by atoms with Gasteiger partial charge in [-0.25, -0.2) is 0 Å². The summed E-state index contributed by atoms with van der Waals surface area (Å²) < 4.78 is 0. The van der Waals surface area contributed by atoms with E-state index in [4.69, 9.17) is 0 Å². The molecule has 0 radical (unpaired) electrons. The van der Waals surface area contributed by atoms with Gasteiger partial charge in [0, 0.05) is 11.6 Å². The monoisotopic (exact) mass is 232 g/mol. The summed E-state index contributed by atoms with van der Waals surface area (Å²) in [6, 6.07) is 6.30. The van der Waals surface area contributed by atoms with Crippen molar-refractivity contribution in [1.82, 2.24) is 10.6 Å². The predicted octanol–water partition coefficient (Wildman–Crippen LogP) is 1.79. The first-order valence-electron chi connectivity index (χ1n) is 6.25. The lowest BCUT2D eigenvalue weighted by atomic mass is 10.0. The maximum Gasteiger partial charge on any atom is 0.251 e. The molecule has 0 aromatic heterocycles. The molecule has 17 heavy (non-hydrogen) atoms. The molecule has 1 aromatic rings. The Kier molecular flexibility index (Phi) is 3.79. The van der Waals surface area contributed by atoms with Crippen molar-refractivity contribution < 1.29 is 4.79 Å². The Labute approximate surface area is 103 Å².